The first kappa shape index (κ1) is 25.6. The fourth-order valence-corrected chi connectivity index (χ4v) is 5.21. The number of sulfonamides is 1. The van der Waals surface area contributed by atoms with E-state index in [1.165, 1.54) is 15.6 Å². The van der Waals surface area contributed by atoms with Gasteiger partial charge >= 0.3 is 0 Å². The van der Waals surface area contributed by atoms with Crippen LogP contribution in [-0.4, -0.2) is 51.4 Å². The number of nitrogens with zero attached hydrogens (tertiary/aromatic N) is 2. The molecule has 0 fully saturated rings. The Morgan fingerprint density at radius 2 is 1.85 bits per heavy atom. The van der Waals surface area contributed by atoms with Crippen LogP contribution in [0.15, 0.2) is 21.3 Å². The molecule has 152 valence electrons. The summed E-state index contributed by atoms with van der Waals surface area (Å²) >= 11 is 1.35. The zero-order valence-corrected chi connectivity index (χ0v) is 20.4. The molecule has 0 aliphatic heterocycles. The third-order valence-corrected chi connectivity index (χ3v) is 7.22. The van der Waals surface area contributed by atoms with Crippen LogP contribution < -0.4 is 10.6 Å². The molecule has 6 nitrogen and oxygen atoms in total. The number of thiophene rings is 1. The smallest absolute Gasteiger partial charge is 0.252 e. The van der Waals surface area contributed by atoms with Gasteiger partial charge < -0.3 is 10.6 Å². The van der Waals surface area contributed by atoms with Crippen molar-refractivity contribution in [2.75, 3.05) is 32.7 Å². The van der Waals surface area contributed by atoms with Gasteiger partial charge in [0.15, 0.2) is 5.96 Å². The monoisotopic (exact) mass is 516 g/mol. The normalized spacial score (nSPS) is 12.3. The van der Waals surface area contributed by atoms with Crippen LogP contribution in [-0.2, 0) is 16.4 Å². The van der Waals surface area contributed by atoms with Crippen molar-refractivity contribution in [3.05, 3.63) is 17.0 Å². The highest BCUT2D eigenvalue weighted by Gasteiger charge is 2.23. The van der Waals surface area contributed by atoms with Crippen molar-refractivity contribution in [3.63, 3.8) is 0 Å². The van der Waals surface area contributed by atoms with E-state index in [9.17, 15) is 8.42 Å². The Morgan fingerprint density at radius 3 is 2.38 bits per heavy atom. The summed E-state index contributed by atoms with van der Waals surface area (Å²) in [5.74, 6) is 1.32. The van der Waals surface area contributed by atoms with Gasteiger partial charge in [-0.25, -0.2) is 8.42 Å². The maximum Gasteiger partial charge on any atom is 0.252 e. The van der Waals surface area contributed by atoms with Crippen LogP contribution in [0.4, 0.5) is 0 Å². The molecule has 0 atom stereocenters. The molecule has 0 aliphatic rings. The molecule has 0 radical (unpaired) electrons. The molecule has 0 amide bonds. The van der Waals surface area contributed by atoms with Gasteiger partial charge in [-0.1, -0.05) is 27.7 Å². The second kappa shape index (κ2) is 12.9. The van der Waals surface area contributed by atoms with E-state index in [1.807, 2.05) is 26.8 Å². The fraction of sp³-hybridized carbons (Fsp3) is 0.706. The van der Waals surface area contributed by atoms with Crippen molar-refractivity contribution in [1.29, 1.82) is 0 Å². The number of guanidine groups is 1. The summed E-state index contributed by atoms with van der Waals surface area (Å²) in [6.07, 6.45) is 0.768. The molecule has 0 aromatic carbocycles. The number of hydrogen-bond acceptors (Lipinski definition) is 4. The lowest BCUT2D eigenvalue weighted by Crippen LogP contribution is -2.38. The van der Waals surface area contributed by atoms with Crippen LogP contribution in [0.25, 0.3) is 0 Å². The first-order chi connectivity index (χ1) is 11.8. The Kier molecular flexibility index (Phi) is 12.7. The molecule has 26 heavy (non-hydrogen) atoms. The number of halogens is 1. The average Bonchev–Trinajstić information content (AvgIpc) is 3.03. The molecule has 0 saturated carbocycles. The molecule has 1 aromatic rings. The minimum Gasteiger partial charge on any atom is -0.357 e. The third kappa shape index (κ3) is 8.10. The minimum atomic E-state index is -3.35. The predicted molar refractivity (Wildman–Crippen MR) is 122 cm³/mol. The Bertz CT molecular complexity index is 641. The molecule has 0 saturated heterocycles. The first-order valence-electron chi connectivity index (χ1n) is 8.96. The first-order valence-corrected chi connectivity index (χ1v) is 11.2. The average molecular weight is 517 g/mol. The van der Waals surface area contributed by atoms with E-state index >= 15 is 0 Å². The van der Waals surface area contributed by atoms with Gasteiger partial charge in [-0.15, -0.1) is 35.3 Å². The second-order valence-corrected chi connectivity index (χ2v) is 9.43. The molecule has 1 rings (SSSR count). The molecule has 0 bridgehead atoms. The van der Waals surface area contributed by atoms with Crippen LogP contribution in [0.3, 0.4) is 0 Å². The van der Waals surface area contributed by atoms with Crippen molar-refractivity contribution in [3.8, 4) is 0 Å². The van der Waals surface area contributed by atoms with Crippen LogP contribution in [0.1, 0.15) is 39.5 Å². The fourth-order valence-electron chi connectivity index (χ4n) is 2.24. The summed E-state index contributed by atoms with van der Waals surface area (Å²) in [5.41, 5.74) is 0. The van der Waals surface area contributed by atoms with E-state index in [2.05, 4.69) is 29.5 Å². The Morgan fingerprint density at radius 1 is 1.19 bits per heavy atom. The van der Waals surface area contributed by atoms with E-state index in [0.29, 0.717) is 23.2 Å². The highest BCUT2D eigenvalue weighted by atomic mass is 127. The zero-order chi connectivity index (χ0) is 18.9. The summed E-state index contributed by atoms with van der Waals surface area (Å²) in [7, 11) is -3.35. The number of hydrogen-bond donors (Lipinski definition) is 2. The van der Waals surface area contributed by atoms with E-state index < -0.39 is 10.0 Å². The SMILES string of the molecule is CCNC(=NCC(C)C)NCCc1ccc(S(=O)(=O)N(CC)CC)s1.I. The number of nitrogens with one attached hydrogen (secondary N) is 2. The molecular formula is C17H33IN4O2S2. The zero-order valence-electron chi connectivity index (χ0n) is 16.4. The highest BCUT2D eigenvalue weighted by molar-refractivity contribution is 14.0. The summed E-state index contributed by atoms with van der Waals surface area (Å²) in [6.45, 7) is 13.3. The topological polar surface area (TPSA) is 73.8 Å². The lowest BCUT2D eigenvalue weighted by Gasteiger charge is -2.16. The molecular weight excluding hydrogens is 483 g/mol. The van der Waals surface area contributed by atoms with Gasteiger partial charge in [-0.05, 0) is 31.4 Å². The Balaban J connectivity index is 0.00000625. The summed E-state index contributed by atoms with van der Waals surface area (Å²) < 4.78 is 26.9. The van der Waals surface area contributed by atoms with Gasteiger partial charge in [-0.3, -0.25) is 4.99 Å². The number of rotatable bonds is 10. The lowest BCUT2D eigenvalue weighted by molar-refractivity contribution is 0.447. The molecule has 0 spiro atoms. The van der Waals surface area contributed by atoms with Gasteiger partial charge in [0, 0.05) is 37.6 Å². The van der Waals surface area contributed by atoms with E-state index in [-0.39, 0.29) is 24.0 Å². The van der Waals surface area contributed by atoms with E-state index in [4.69, 9.17) is 0 Å². The van der Waals surface area contributed by atoms with Gasteiger partial charge in [0.05, 0.1) is 0 Å². The summed E-state index contributed by atoms with van der Waals surface area (Å²) in [4.78, 5) is 5.58. The van der Waals surface area contributed by atoms with Crippen molar-refractivity contribution in [2.45, 2.75) is 45.2 Å². The highest BCUT2D eigenvalue weighted by Crippen LogP contribution is 2.25. The van der Waals surface area contributed by atoms with Gasteiger partial charge in [0.1, 0.15) is 4.21 Å². The van der Waals surface area contributed by atoms with Crippen molar-refractivity contribution in [2.24, 2.45) is 10.9 Å². The maximum atomic E-state index is 12.5. The molecule has 1 heterocycles. The minimum absolute atomic E-state index is 0. The van der Waals surface area contributed by atoms with Crippen LogP contribution >= 0.6 is 35.3 Å². The Hall–Kier alpha value is -0.390. The largest absolute Gasteiger partial charge is 0.357 e. The van der Waals surface area contributed by atoms with Gasteiger partial charge in [0.25, 0.3) is 10.0 Å². The molecule has 2 N–H and O–H groups in total. The Labute approximate surface area is 179 Å². The van der Waals surface area contributed by atoms with Crippen LogP contribution in [0.2, 0.25) is 0 Å². The van der Waals surface area contributed by atoms with Crippen molar-refractivity contribution < 1.29 is 8.42 Å². The number of aliphatic imine (C=N–C) groups is 1. The summed E-state index contributed by atoms with van der Waals surface area (Å²) in [6, 6.07) is 3.62. The van der Waals surface area contributed by atoms with Gasteiger partial charge in [-0.2, -0.15) is 4.31 Å². The van der Waals surface area contributed by atoms with Crippen LogP contribution in [0.5, 0.6) is 0 Å². The van der Waals surface area contributed by atoms with Crippen molar-refractivity contribution >= 4 is 51.3 Å². The lowest BCUT2D eigenvalue weighted by atomic mass is 10.2. The van der Waals surface area contributed by atoms with Crippen molar-refractivity contribution in [1.82, 2.24) is 14.9 Å². The molecule has 0 aliphatic carbocycles. The second-order valence-electron chi connectivity index (χ2n) is 6.10. The quantitative estimate of drug-likeness (QED) is 0.285. The van der Waals surface area contributed by atoms with Gasteiger partial charge in [0.2, 0.25) is 0 Å². The van der Waals surface area contributed by atoms with E-state index in [1.54, 1.807) is 6.07 Å². The maximum absolute atomic E-state index is 12.5. The molecule has 9 heteroatoms. The summed E-state index contributed by atoms with van der Waals surface area (Å²) in [5, 5.41) is 6.53. The predicted octanol–water partition coefficient (Wildman–Crippen LogP) is 3.15. The molecule has 1 aromatic heterocycles. The van der Waals surface area contributed by atoms with E-state index in [0.717, 1.165) is 36.9 Å². The third-order valence-electron chi connectivity index (χ3n) is 3.56. The standard InChI is InChI=1S/C17H32N4O2S2.HI/c1-6-18-17(20-13-14(4)5)19-12-11-15-9-10-16(24-15)25(22,23)21(7-2)8-3;/h9-10,14H,6-8,11-13H2,1-5H3,(H2,18,19,20);1H. The molecule has 0 unspecified atom stereocenters. The van der Waals surface area contributed by atoms with Crippen LogP contribution in [0, 0.1) is 5.92 Å².